The van der Waals surface area contributed by atoms with E-state index in [0.29, 0.717) is 22.8 Å². The van der Waals surface area contributed by atoms with E-state index >= 15 is 0 Å². The van der Waals surface area contributed by atoms with Crippen LogP contribution in [-0.4, -0.2) is 27.6 Å². The number of imide groups is 1. The van der Waals surface area contributed by atoms with Crippen LogP contribution in [0.15, 0.2) is 66.1 Å². The number of benzene rings is 2. The molecule has 1 fully saturated rings. The van der Waals surface area contributed by atoms with Crippen molar-refractivity contribution in [2.75, 3.05) is 6.61 Å². The van der Waals surface area contributed by atoms with Gasteiger partial charge in [0.1, 0.15) is 12.4 Å². The number of non-ortho nitro benzene ring substituents is 1. The van der Waals surface area contributed by atoms with Crippen molar-refractivity contribution in [2.24, 2.45) is 0 Å². The van der Waals surface area contributed by atoms with Crippen LogP contribution in [0.5, 0.6) is 5.75 Å². The molecule has 2 amide bonds. The van der Waals surface area contributed by atoms with Crippen molar-refractivity contribution < 1.29 is 19.2 Å². The Morgan fingerprint density at radius 1 is 1.18 bits per heavy atom. The second-order valence-corrected chi connectivity index (χ2v) is 6.86. The number of rotatable bonds is 7. The third-order valence-corrected chi connectivity index (χ3v) is 4.79. The van der Waals surface area contributed by atoms with Gasteiger partial charge in [-0.1, -0.05) is 36.9 Å². The van der Waals surface area contributed by atoms with E-state index in [1.807, 2.05) is 6.07 Å². The molecule has 0 unspecified atom stereocenters. The highest BCUT2D eigenvalue weighted by molar-refractivity contribution is 8.18. The number of nitro benzene ring substituents is 1. The van der Waals surface area contributed by atoms with E-state index in [-0.39, 0.29) is 17.5 Å². The van der Waals surface area contributed by atoms with Gasteiger partial charge in [0.25, 0.3) is 16.8 Å². The Kier molecular flexibility index (Phi) is 5.90. The summed E-state index contributed by atoms with van der Waals surface area (Å²) >= 11 is 0.861. The standard InChI is InChI=1S/C20H16N2O5S/c1-2-10-27-17-5-3-4-15(11-17)12-18-19(23)21(20(24)28-18)13-14-6-8-16(9-7-14)22(25)26/h2-9,11-12H,1,10,13H2. The molecule has 8 heteroatoms. The molecule has 0 bridgehead atoms. The molecule has 0 aliphatic carbocycles. The molecule has 1 saturated heterocycles. The summed E-state index contributed by atoms with van der Waals surface area (Å²) in [5.41, 5.74) is 1.33. The first-order chi connectivity index (χ1) is 13.5. The van der Waals surface area contributed by atoms with Gasteiger partial charge >= 0.3 is 0 Å². The zero-order chi connectivity index (χ0) is 20.1. The van der Waals surface area contributed by atoms with E-state index in [0.717, 1.165) is 22.2 Å². The Hall–Kier alpha value is -3.39. The second kappa shape index (κ2) is 8.53. The summed E-state index contributed by atoms with van der Waals surface area (Å²) in [6.07, 6.45) is 3.28. The number of amides is 2. The van der Waals surface area contributed by atoms with Crippen LogP contribution in [0.4, 0.5) is 10.5 Å². The van der Waals surface area contributed by atoms with Crippen LogP contribution in [-0.2, 0) is 11.3 Å². The van der Waals surface area contributed by atoms with Crippen LogP contribution >= 0.6 is 11.8 Å². The summed E-state index contributed by atoms with van der Waals surface area (Å²) in [5, 5.41) is 10.3. The monoisotopic (exact) mass is 396 g/mol. The Labute approximate surface area is 165 Å². The summed E-state index contributed by atoms with van der Waals surface area (Å²) in [6, 6.07) is 12.9. The average molecular weight is 396 g/mol. The minimum Gasteiger partial charge on any atom is -0.490 e. The first-order valence-corrected chi connectivity index (χ1v) is 9.12. The minimum atomic E-state index is -0.500. The maximum Gasteiger partial charge on any atom is 0.293 e. The van der Waals surface area contributed by atoms with Gasteiger partial charge in [-0.3, -0.25) is 24.6 Å². The van der Waals surface area contributed by atoms with Gasteiger partial charge in [-0.25, -0.2) is 0 Å². The van der Waals surface area contributed by atoms with Crippen molar-refractivity contribution in [2.45, 2.75) is 6.54 Å². The van der Waals surface area contributed by atoms with Crippen LogP contribution in [0.2, 0.25) is 0 Å². The summed E-state index contributed by atoms with van der Waals surface area (Å²) < 4.78 is 5.47. The third-order valence-electron chi connectivity index (χ3n) is 3.89. The smallest absolute Gasteiger partial charge is 0.293 e. The van der Waals surface area contributed by atoms with Crippen LogP contribution in [0, 0.1) is 10.1 Å². The van der Waals surface area contributed by atoms with Crippen LogP contribution in [0.25, 0.3) is 6.08 Å². The van der Waals surface area contributed by atoms with E-state index in [9.17, 15) is 19.7 Å². The van der Waals surface area contributed by atoms with Gasteiger partial charge in [-0.2, -0.15) is 0 Å². The highest BCUT2D eigenvalue weighted by Gasteiger charge is 2.35. The fraction of sp³-hybridized carbons (Fsp3) is 0.100. The van der Waals surface area contributed by atoms with Crippen LogP contribution in [0.3, 0.4) is 0 Å². The molecule has 2 aromatic carbocycles. The molecule has 28 heavy (non-hydrogen) atoms. The van der Waals surface area contributed by atoms with Crippen molar-refractivity contribution in [3.05, 3.63) is 87.3 Å². The molecule has 0 saturated carbocycles. The van der Waals surface area contributed by atoms with Gasteiger partial charge in [0.05, 0.1) is 16.4 Å². The van der Waals surface area contributed by atoms with Crippen LogP contribution in [0.1, 0.15) is 11.1 Å². The van der Waals surface area contributed by atoms with Gasteiger partial charge in [-0.15, -0.1) is 0 Å². The topological polar surface area (TPSA) is 89.8 Å². The lowest BCUT2D eigenvalue weighted by atomic mass is 10.2. The lowest BCUT2D eigenvalue weighted by Crippen LogP contribution is -2.27. The van der Waals surface area contributed by atoms with Crippen molar-refractivity contribution in [1.82, 2.24) is 4.90 Å². The molecule has 0 atom stereocenters. The van der Waals surface area contributed by atoms with Gasteiger partial charge in [0.15, 0.2) is 0 Å². The predicted octanol–water partition coefficient (Wildman–Crippen LogP) is 4.40. The number of carbonyl (C=O) groups excluding carboxylic acids is 2. The number of hydrogen-bond donors (Lipinski definition) is 0. The summed E-state index contributed by atoms with van der Waals surface area (Å²) in [5.74, 6) is 0.240. The number of thioether (sulfide) groups is 1. The number of ether oxygens (including phenoxy) is 1. The van der Waals surface area contributed by atoms with E-state index in [4.69, 9.17) is 4.74 Å². The molecule has 0 radical (unpaired) electrons. The average Bonchev–Trinajstić information content (AvgIpc) is 2.94. The van der Waals surface area contributed by atoms with Gasteiger partial charge in [0.2, 0.25) is 0 Å². The quantitative estimate of drug-likeness (QED) is 0.298. The van der Waals surface area contributed by atoms with E-state index in [1.165, 1.54) is 24.3 Å². The first kappa shape index (κ1) is 19.4. The van der Waals surface area contributed by atoms with Gasteiger partial charge < -0.3 is 4.74 Å². The van der Waals surface area contributed by atoms with E-state index in [1.54, 1.807) is 30.4 Å². The maximum atomic E-state index is 12.6. The maximum absolute atomic E-state index is 12.6. The second-order valence-electron chi connectivity index (χ2n) is 5.86. The molecular formula is C20H16N2O5S. The fourth-order valence-electron chi connectivity index (χ4n) is 2.54. The normalized spacial score (nSPS) is 15.1. The molecule has 2 aromatic rings. The van der Waals surface area contributed by atoms with Crippen molar-refractivity contribution in [3.8, 4) is 5.75 Å². The Balaban J connectivity index is 1.75. The Bertz CT molecular complexity index is 969. The molecular weight excluding hydrogens is 380 g/mol. The lowest BCUT2D eigenvalue weighted by Gasteiger charge is -2.12. The lowest BCUT2D eigenvalue weighted by molar-refractivity contribution is -0.384. The highest BCUT2D eigenvalue weighted by atomic mass is 32.2. The molecule has 1 aliphatic rings. The van der Waals surface area contributed by atoms with Crippen molar-refractivity contribution >= 4 is 34.7 Å². The number of hydrogen-bond acceptors (Lipinski definition) is 6. The van der Waals surface area contributed by atoms with Crippen molar-refractivity contribution in [1.29, 1.82) is 0 Å². The van der Waals surface area contributed by atoms with Gasteiger partial charge in [0, 0.05) is 12.1 Å². The number of nitro groups is 1. The predicted molar refractivity (Wildman–Crippen MR) is 107 cm³/mol. The largest absolute Gasteiger partial charge is 0.490 e. The Morgan fingerprint density at radius 2 is 1.93 bits per heavy atom. The molecule has 142 valence electrons. The number of carbonyl (C=O) groups is 2. The minimum absolute atomic E-state index is 0.0451. The van der Waals surface area contributed by atoms with E-state index in [2.05, 4.69) is 6.58 Å². The van der Waals surface area contributed by atoms with E-state index < -0.39 is 10.8 Å². The first-order valence-electron chi connectivity index (χ1n) is 8.30. The fourth-order valence-corrected chi connectivity index (χ4v) is 3.38. The molecule has 7 nitrogen and oxygen atoms in total. The zero-order valence-electron chi connectivity index (χ0n) is 14.7. The highest BCUT2D eigenvalue weighted by Crippen LogP contribution is 2.33. The molecule has 1 aliphatic heterocycles. The van der Waals surface area contributed by atoms with Gasteiger partial charge in [-0.05, 0) is 41.1 Å². The molecule has 3 rings (SSSR count). The van der Waals surface area contributed by atoms with Crippen molar-refractivity contribution in [3.63, 3.8) is 0 Å². The molecule has 0 spiro atoms. The Morgan fingerprint density at radius 3 is 2.61 bits per heavy atom. The summed E-state index contributed by atoms with van der Waals surface area (Å²) in [7, 11) is 0. The summed E-state index contributed by atoms with van der Waals surface area (Å²) in [4.78, 5) is 36.5. The molecule has 0 N–H and O–H groups in total. The van der Waals surface area contributed by atoms with Crippen LogP contribution < -0.4 is 4.74 Å². The number of nitrogens with zero attached hydrogens (tertiary/aromatic N) is 2. The zero-order valence-corrected chi connectivity index (χ0v) is 15.6. The molecule has 1 heterocycles. The molecule has 0 aromatic heterocycles. The third kappa shape index (κ3) is 4.47. The SMILES string of the molecule is C=CCOc1cccc(C=C2SC(=O)N(Cc3ccc([N+](=O)[O-])cc3)C2=O)c1. The summed E-state index contributed by atoms with van der Waals surface area (Å²) in [6.45, 7) is 4.02.